The Morgan fingerprint density at radius 2 is 1.72 bits per heavy atom. The molecule has 0 bridgehead atoms. The first-order valence-electron chi connectivity index (χ1n) is 7.19. The first-order chi connectivity index (χ1) is 8.66. The Morgan fingerprint density at radius 1 is 1.06 bits per heavy atom. The third-order valence-electron chi connectivity index (χ3n) is 3.75. The van der Waals surface area contributed by atoms with Gasteiger partial charge in [0.05, 0.1) is 6.10 Å². The smallest absolute Gasteiger partial charge is 0.119 e. The van der Waals surface area contributed by atoms with Gasteiger partial charge < -0.3 is 10.5 Å². The minimum absolute atomic E-state index is 0.232. The zero-order valence-corrected chi connectivity index (χ0v) is 11.6. The molecule has 2 heteroatoms. The Hall–Kier alpha value is -1.02. The summed E-state index contributed by atoms with van der Waals surface area (Å²) in [6.45, 7) is 4.10. The van der Waals surface area contributed by atoms with Crippen LogP contribution < -0.4 is 10.5 Å². The molecule has 1 aliphatic rings. The number of hydrogen-bond donors (Lipinski definition) is 1. The molecule has 0 heterocycles. The SMILES string of the molecule is CC(C)Oc1ccc(C2CCCCCC2N)cc1. The second kappa shape index (κ2) is 6.24. The van der Waals surface area contributed by atoms with Gasteiger partial charge in [0.15, 0.2) is 0 Å². The van der Waals surface area contributed by atoms with E-state index in [1.54, 1.807) is 0 Å². The quantitative estimate of drug-likeness (QED) is 0.823. The van der Waals surface area contributed by atoms with Crippen molar-refractivity contribution in [2.45, 2.75) is 64.0 Å². The Balaban J connectivity index is 2.07. The molecule has 0 radical (unpaired) electrons. The van der Waals surface area contributed by atoms with Gasteiger partial charge in [0.1, 0.15) is 5.75 Å². The first kappa shape index (κ1) is 13.4. The van der Waals surface area contributed by atoms with E-state index in [9.17, 15) is 0 Å². The van der Waals surface area contributed by atoms with E-state index in [4.69, 9.17) is 10.5 Å². The van der Waals surface area contributed by atoms with Crippen LogP contribution in [0, 0.1) is 0 Å². The Morgan fingerprint density at radius 3 is 2.39 bits per heavy atom. The lowest BCUT2D eigenvalue weighted by atomic mass is 9.88. The van der Waals surface area contributed by atoms with Crippen LogP contribution in [0.4, 0.5) is 0 Å². The molecule has 1 aromatic carbocycles. The highest BCUT2D eigenvalue weighted by Gasteiger charge is 2.21. The highest BCUT2D eigenvalue weighted by molar-refractivity contribution is 5.30. The fraction of sp³-hybridized carbons (Fsp3) is 0.625. The topological polar surface area (TPSA) is 35.2 Å². The molecule has 1 saturated carbocycles. The summed E-state index contributed by atoms with van der Waals surface area (Å²) >= 11 is 0. The molecule has 2 atom stereocenters. The van der Waals surface area contributed by atoms with Crippen molar-refractivity contribution in [1.29, 1.82) is 0 Å². The highest BCUT2D eigenvalue weighted by atomic mass is 16.5. The second-order valence-electron chi connectivity index (χ2n) is 5.64. The third-order valence-corrected chi connectivity index (χ3v) is 3.75. The van der Waals surface area contributed by atoms with Gasteiger partial charge in [-0.25, -0.2) is 0 Å². The largest absolute Gasteiger partial charge is 0.491 e. The van der Waals surface area contributed by atoms with Crippen LogP contribution in [0.15, 0.2) is 24.3 Å². The van der Waals surface area contributed by atoms with Gasteiger partial charge in [-0.1, -0.05) is 31.4 Å². The number of nitrogens with two attached hydrogens (primary N) is 1. The summed E-state index contributed by atoms with van der Waals surface area (Å²) in [5.41, 5.74) is 7.67. The van der Waals surface area contributed by atoms with Crippen LogP contribution in [0.3, 0.4) is 0 Å². The van der Waals surface area contributed by atoms with Crippen molar-refractivity contribution in [3.63, 3.8) is 0 Å². The normalized spacial score (nSPS) is 24.9. The van der Waals surface area contributed by atoms with Crippen LogP contribution in [0.2, 0.25) is 0 Å². The van der Waals surface area contributed by atoms with Crippen molar-refractivity contribution >= 4 is 0 Å². The molecule has 1 fully saturated rings. The van der Waals surface area contributed by atoms with Gasteiger partial charge in [0.25, 0.3) is 0 Å². The summed E-state index contributed by atoms with van der Waals surface area (Å²) in [7, 11) is 0. The predicted octanol–water partition coefficient (Wildman–Crippen LogP) is 3.85. The van der Waals surface area contributed by atoms with Crippen LogP contribution in [0.1, 0.15) is 57.4 Å². The van der Waals surface area contributed by atoms with Crippen LogP contribution in [-0.4, -0.2) is 12.1 Å². The molecule has 18 heavy (non-hydrogen) atoms. The van der Waals surface area contributed by atoms with Gasteiger partial charge in [-0.05, 0) is 50.3 Å². The lowest BCUT2D eigenvalue weighted by Gasteiger charge is -2.22. The van der Waals surface area contributed by atoms with Gasteiger partial charge in [-0.15, -0.1) is 0 Å². The summed E-state index contributed by atoms with van der Waals surface area (Å²) in [5, 5.41) is 0. The van der Waals surface area contributed by atoms with Gasteiger partial charge >= 0.3 is 0 Å². The fourth-order valence-electron chi connectivity index (χ4n) is 2.82. The number of ether oxygens (including phenoxy) is 1. The summed E-state index contributed by atoms with van der Waals surface area (Å²) in [4.78, 5) is 0. The number of benzene rings is 1. The highest BCUT2D eigenvalue weighted by Crippen LogP contribution is 2.31. The van der Waals surface area contributed by atoms with Crippen LogP contribution in [-0.2, 0) is 0 Å². The van der Waals surface area contributed by atoms with E-state index in [1.165, 1.54) is 31.2 Å². The number of hydrogen-bond acceptors (Lipinski definition) is 2. The average Bonchev–Trinajstić information content (AvgIpc) is 2.54. The van der Waals surface area contributed by atoms with Gasteiger partial charge in [0.2, 0.25) is 0 Å². The van der Waals surface area contributed by atoms with Crippen molar-refractivity contribution < 1.29 is 4.74 Å². The zero-order valence-electron chi connectivity index (χ0n) is 11.6. The Kier molecular flexibility index (Phi) is 4.65. The predicted molar refractivity (Wildman–Crippen MR) is 76.0 cm³/mol. The maximum atomic E-state index is 6.30. The average molecular weight is 247 g/mol. The standard InChI is InChI=1S/C16H25NO/c1-12(2)18-14-10-8-13(9-11-14)15-6-4-3-5-7-16(15)17/h8-12,15-16H,3-7,17H2,1-2H3. The fourth-order valence-corrected chi connectivity index (χ4v) is 2.82. The van der Waals surface area contributed by atoms with Crippen molar-refractivity contribution in [3.8, 4) is 5.75 Å². The van der Waals surface area contributed by atoms with E-state index in [-0.39, 0.29) is 6.10 Å². The second-order valence-corrected chi connectivity index (χ2v) is 5.64. The van der Waals surface area contributed by atoms with Gasteiger partial charge in [0, 0.05) is 6.04 Å². The van der Waals surface area contributed by atoms with Crippen molar-refractivity contribution in [2.75, 3.05) is 0 Å². The van der Waals surface area contributed by atoms with Crippen LogP contribution in [0.5, 0.6) is 5.75 Å². The molecule has 100 valence electrons. The molecular formula is C16H25NO. The molecule has 1 aromatic rings. The minimum Gasteiger partial charge on any atom is -0.491 e. The monoisotopic (exact) mass is 247 g/mol. The van der Waals surface area contributed by atoms with Crippen LogP contribution >= 0.6 is 0 Å². The molecule has 1 aliphatic carbocycles. The molecular weight excluding hydrogens is 222 g/mol. The summed E-state index contributed by atoms with van der Waals surface area (Å²) < 4.78 is 5.68. The van der Waals surface area contributed by atoms with Crippen molar-refractivity contribution in [1.82, 2.24) is 0 Å². The lowest BCUT2D eigenvalue weighted by molar-refractivity contribution is 0.242. The molecule has 2 nitrogen and oxygen atoms in total. The van der Waals surface area contributed by atoms with Crippen LogP contribution in [0.25, 0.3) is 0 Å². The maximum Gasteiger partial charge on any atom is 0.119 e. The minimum atomic E-state index is 0.232. The van der Waals surface area contributed by atoms with Crippen molar-refractivity contribution in [2.24, 2.45) is 5.73 Å². The summed E-state index contributed by atoms with van der Waals surface area (Å²) in [6, 6.07) is 8.85. The summed E-state index contributed by atoms with van der Waals surface area (Å²) in [5.74, 6) is 1.48. The van der Waals surface area contributed by atoms with E-state index >= 15 is 0 Å². The van der Waals surface area contributed by atoms with E-state index < -0.39 is 0 Å². The number of rotatable bonds is 3. The molecule has 2 unspecified atom stereocenters. The lowest BCUT2D eigenvalue weighted by Crippen LogP contribution is -2.27. The molecule has 0 aliphatic heterocycles. The van der Waals surface area contributed by atoms with E-state index in [2.05, 4.69) is 38.1 Å². The first-order valence-corrected chi connectivity index (χ1v) is 7.19. The molecule has 0 amide bonds. The molecule has 2 N–H and O–H groups in total. The molecule has 0 saturated heterocycles. The Labute approximate surface area is 111 Å². The van der Waals surface area contributed by atoms with E-state index in [0.29, 0.717) is 12.0 Å². The van der Waals surface area contributed by atoms with Crippen molar-refractivity contribution in [3.05, 3.63) is 29.8 Å². The zero-order chi connectivity index (χ0) is 13.0. The van der Waals surface area contributed by atoms with Gasteiger partial charge in [-0.2, -0.15) is 0 Å². The molecule has 2 rings (SSSR count). The Bertz CT molecular complexity index is 358. The summed E-state index contributed by atoms with van der Waals surface area (Å²) in [6.07, 6.45) is 6.55. The maximum absolute atomic E-state index is 6.30. The van der Waals surface area contributed by atoms with E-state index in [1.807, 2.05) is 0 Å². The molecule has 0 aromatic heterocycles. The molecule has 0 spiro atoms. The third kappa shape index (κ3) is 3.49. The van der Waals surface area contributed by atoms with Gasteiger partial charge in [-0.3, -0.25) is 0 Å². The van der Waals surface area contributed by atoms with E-state index in [0.717, 1.165) is 12.2 Å².